The van der Waals surface area contributed by atoms with Crippen LogP contribution in [0.25, 0.3) is 0 Å². The van der Waals surface area contributed by atoms with Gasteiger partial charge in [-0.15, -0.1) is 0 Å². The monoisotopic (exact) mass is 449 g/mol. The number of alkyl halides is 3. The second-order valence-electron chi connectivity index (χ2n) is 7.09. The van der Waals surface area contributed by atoms with Gasteiger partial charge in [-0.05, 0) is 24.1 Å². The number of nitrogens with zero attached hydrogens (tertiary/aromatic N) is 2. The highest BCUT2D eigenvalue weighted by atomic mass is 19.4. The lowest BCUT2D eigenvalue weighted by atomic mass is 10.1. The van der Waals surface area contributed by atoms with Gasteiger partial charge in [0.2, 0.25) is 5.91 Å². The van der Waals surface area contributed by atoms with E-state index in [0.29, 0.717) is 22.6 Å². The van der Waals surface area contributed by atoms with Crippen LogP contribution in [-0.4, -0.2) is 55.2 Å². The third-order valence-corrected chi connectivity index (χ3v) is 4.96. The Bertz CT molecular complexity index is 1040. The van der Waals surface area contributed by atoms with Crippen LogP contribution < -0.4 is 14.8 Å². The van der Waals surface area contributed by atoms with Crippen LogP contribution in [0.5, 0.6) is 11.5 Å². The molecule has 1 heterocycles. The van der Waals surface area contributed by atoms with Crippen molar-refractivity contribution in [2.75, 3.05) is 20.8 Å². The van der Waals surface area contributed by atoms with E-state index < -0.39 is 23.7 Å². The molecule has 0 aromatic heterocycles. The van der Waals surface area contributed by atoms with Gasteiger partial charge in [0.05, 0.1) is 14.2 Å². The van der Waals surface area contributed by atoms with Gasteiger partial charge in [0.1, 0.15) is 5.84 Å². The largest absolute Gasteiger partial charge is 0.493 e. The maximum Gasteiger partial charge on any atom is 0.442 e. The maximum atomic E-state index is 14.0. The second-order valence-corrected chi connectivity index (χ2v) is 7.09. The molecular formula is C22H22F3N3O4. The fourth-order valence-electron chi connectivity index (χ4n) is 3.44. The van der Waals surface area contributed by atoms with Crippen molar-refractivity contribution < 1.29 is 32.2 Å². The number of hydrogen-bond acceptors (Lipinski definition) is 5. The van der Waals surface area contributed by atoms with Gasteiger partial charge >= 0.3 is 11.8 Å². The highest BCUT2D eigenvalue weighted by molar-refractivity contribution is 6.16. The molecule has 0 saturated carbocycles. The molecule has 2 amide bonds. The minimum Gasteiger partial charge on any atom is -0.493 e. The smallest absolute Gasteiger partial charge is 0.442 e. The number of amidine groups is 1. The summed E-state index contributed by atoms with van der Waals surface area (Å²) in [5, 5.41) is 1.73. The van der Waals surface area contributed by atoms with Crippen molar-refractivity contribution in [2.24, 2.45) is 4.99 Å². The maximum absolute atomic E-state index is 14.0. The summed E-state index contributed by atoms with van der Waals surface area (Å²) in [5.41, 5.74) is -2.33. The van der Waals surface area contributed by atoms with E-state index in [-0.39, 0.29) is 18.8 Å². The molecule has 0 bridgehead atoms. The Hall–Kier alpha value is -3.56. The van der Waals surface area contributed by atoms with Crippen molar-refractivity contribution in [1.82, 2.24) is 10.2 Å². The summed E-state index contributed by atoms with van der Waals surface area (Å²) in [6.07, 6.45) is -4.92. The highest BCUT2D eigenvalue weighted by Gasteiger charge is 2.66. The van der Waals surface area contributed by atoms with Gasteiger partial charge in [-0.3, -0.25) is 14.5 Å². The van der Waals surface area contributed by atoms with Crippen LogP contribution in [0.15, 0.2) is 53.5 Å². The topological polar surface area (TPSA) is 80.2 Å². The van der Waals surface area contributed by atoms with Crippen LogP contribution in [0.1, 0.15) is 18.1 Å². The van der Waals surface area contributed by atoms with Crippen molar-refractivity contribution in [3.8, 4) is 11.5 Å². The zero-order valence-corrected chi connectivity index (χ0v) is 17.7. The van der Waals surface area contributed by atoms with Crippen molar-refractivity contribution >= 4 is 17.6 Å². The van der Waals surface area contributed by atoms with Crippen LogP contribution in [-0.2, 0) is 16.0 Å². The molecule has 0 radical (unpaired) electrons. The van der Waals surface area contributed by atoms with Crippen LogP contribution in [0.4, 0.5) is 13.2 Å². The molecule has 1 atom stereocenters. The zero-order valence-electron chi connectivity index (χ0n) is 17.7. The molecule has 1 N–H and O–H groups in total. The Morgan fingerprint density at radius 3 is 2.31 bits per heavy atom. The number of aliphatic imine (C=N–C) groups is 1. The number of carbonyl (C=O) groups excluding carboxylic acids is 2. The molecular weight excluding hydrogens is 427 g/mol. The summed E-state index contributed by atoms with van der Waals surface area (Å²) in [5.74, 6) is -1.59. The van der Waals surface area contributed by atoms with E-state index >= 15 is 0 Å². The molecule has 2 aromatic carbocycles. The van der Waals surface area contributed by atoms with E-state index in [0.717, 1.165) is 11.8 Å². The number of halogens is 3. The molecule has 0 aliphatic carbocycles. The van der Waals surface area contributed by atoms with Crippen molar-refractivity contribution in [1.29, 1.82) is 0 Å². The summed E-state index contributed by atoms with van der Waals surface area (Å²) in [4.78, 5) is 29.3. The molecule has 0 fully saturated rings. The van der Waals surface area contributed by atoms with Crippen molar-refractivity contribution in [3.05, 3.63) is 59.7 Å². The van der Waals surface area contributed by atoms with E-state index in [1.54, 1.807) is 53.8 Å². The third kappa shape index (κ3) is 4.25. The summed E-state index contributed by atoms with van der Waals surface area (Å²) in [7, 11) is 2.96. The Morgan fingerprint density at radius 1 is 1.09 bits per heavy atom. The fraction of sp³-hybridized carbons (Fsp3) is 0.318. The molecule has 1 aliphatic rings. The van der Waals surface area contributed by atoms with Gasteiger partial charge in [-0.2, -0.15) is 13.2 Å². The number of methoxy groups -OCH3 is 2. The zero-order chi connectivity index (χ0) is 23.5. The first-order valence-electron chi connectivity index (χ1n) is 9.66. The van der Waals surface area contributed by atoms with Crippen LogP contribution >= 0.6 is 0 Å². The average molecular weight is 449 g/mol. The van der Waals surface area contributed by atoms with Crippen molar-refractivity contribution in [2.45, 2.75) is 25.2 Å². The quantitative estimate of drug-likeness (QED) is 0.705. The SMILES string of the molecule is COc1ccc(CCN2C(=O)[C@@](NC(C)=O)(C(F)(F)F)N=C2c2ccccc2)cc1OC. The van der Waals surface area contributed by atoms with E-state index in [9.17, 15) is 22.8 Å². The highest BCUT2D eigenvalue weighted by Crippen LogP contribution is 2.38. The number of nitrogens with one attached hydrogen (secondary N) is 1. The number of ether oxygens (including phenoxy) is 2. The van der Waals surface area contributed by atoms with Gasteiger partial charge in [-0.1, -0.05) is 36.4 Å². The Kier molecular flexibility index (Phi) is 6.42. The van der Waals surface area contributed by atoms with Crippen LogP contribution in [0.3, 0.4) is 0 Å². The molecule has 1 aliphatic heterocycles. The first-order valence-corrected chi connectivity index (χ1v) is 9.66. The van der Waals surface area contributed by atoms with E-state index in [2.05, 4.69) is 4.99 Å². The summed E-state index contributed by atoms with van der Waals surface area (Å²) in [6.45, 7) is 0.810. The molecule has 7 nitrogen and oxygen atoms in total. The second kappa shape index (κ2) is 8.89. The fourth-order valence-corrected chi connectivity index (χ4v) is 3.44. The normalized spacial score (nSPS) is 18.4. The predicted octanol–water partition coefficient (Wildman–Crippen LogP) is 2.93. The van der Waals surface area contributed by atoms with Gasteiger partial charge < -0.3 is 14.8 Å². The van der Waals surface area contributed by atoms with E-state index in [1.807, 2.05) is 0 Å². The number of amides is 2. The molecule has 0 spiro atoms. The van der Waals surface area contributed by atoms with E-state index in [1.165, 1.54) is 14.2 Å². The summed E-state index contributed by atoms with van der Waals surface area (Å²) >= 11 is 0. The average Bonchev–Trinajstić information content (AvgIpc) is 3.04. The van der Waals surface area contributed by atoms with Crippen LogP contribution in [0.2, 0.25) is 0 Å². The molecule has 0 saturated heterocycles. The number of rotatable bonds is 7. The Balaban J connectivity index is 1.99. The lowest BCUT2D eigenvalue weighted by Crippen LogP contribution is -2.63. The Morgan fingerprint density at radius 2 is 1.75 bits per heavy atom. The lowest BCUT2D eigenvalue weighted by molar-refractivity contribution is -0.199. The summed E-state index contributed by atoms with van der Waals surface area (Å²) in [6, 6.07) is 13.1. The molecule has 2 aromatic rings. The molecule has 170 valence electrons. The lowest BCUT2D eigenvalue weighted by Gasteiger charge is -2.28. The molecule has 3 rings (SSSR count). The standard InChI is InChI=1S/C22H22F3N3O4/c1-14(29)26-21(22(23,24)25)20(30)28(19(27-21)16-7-5-4-6-8-16)12-11-15-9-10-17(31-2)18(13-15)32-3/h4-10,13H,11-12H2,1-3H3,(H,26,29)/t21-/m0/s1. The minimum atomic E-state index is -5.13. The summed E-state index contributed by atoms with van der Waals surface area (Å²) < 4.78 is 52.5. The minimum absolute atomic E-state index is 0.0978. The predicted molar refractivity (Wildman–Crippen MR) is 111 cm³/mol. The molecule has 0 unspecified atom stereocenters. The van der Waals surface area contributed by atoms with Gasteiger partial charge in [0.15, 0.2) is 11.5 Å². The number of carbonyl (C=O) groups is 2. The van der Waals surface area contributed by atoms with Gasteiger partial charge in [0, 0.05) is 19.0 Å². The van der Waals surface area contributed by atoms with Crippen LogP contribution in [0, 0.1) is 0 Å². The molecule has 10 heteroatoms. The van der Waals surface area contributed by atoms with Gasteiger partial charge in [-0.25, -0.2) is 4.99 Å². The first kappa shape index (κ1) is 23.1. The number of benzene rings is 2. The Labute approximate surface area is 182 Å². The van der Waals surface area contributed by atoms with Gasteiger partial charge in [0.25, 0.3) is 5.91 Å². The van der Waals surface area contributed by atoms with Crippen molar-refractivity contribution in [3.63, 3.8) is 0 Å². The first-order chi connectivity index (χ1) is 15.1. The molecule has 32 heavy (non-hydrogen) atoms. The third-order valence-electron chi connectivity index (χ3n) is 4.96. The number of hydrogen-bond donors (Lipinski definition) is 1. The van der Waals surface area contributed by atoms with E-state index in [4.69, 9.17) is 9.47 Å².